The Morgan fingerprint density at radius 3 is 2.88 bits per heavy atom. The van der Waals surface area contributed by atoms with Crippen molar-refractivity contribution in [3.05, 3.63) is 47.5 Å². The summed E-state index contributed by atoms with van der Waals surface area (Å²) in [6.07, 6.45) is 4.61. The molecule has 16 heavy (non-hydrogen) atoms. The number of aliphatic hydroxyl groups excluding tert-OH is 1. The molecule has 3 nitrogen and oxygen atoms in total. The number of nitrogens with zero attached hydrogens (tertiary/aromatic N) is 2. The standard InChI is InChI=1S/C13H16N2O/c1-3-13-14-6-7-15(13)12-5-4-10(2)8-11(12)9-16/h4-8,16H,3,9H2,1-2H3. The third-order valence-corrected chi connectivity index (χ3v) is 2.70. The van der Waals surface area contributed by atoms with Crippen LogP contribution in [-0.2, 0) is 13.0 Å². The van der Waals surface area contributed by atoms with Gasteiger partial charge < -0.3 is 9.67 Å². The van der Waals surface area contributed by atoms with Crippen molar-refractivity contribution >= 4 is 0 Å². The molecule has 0 atom stereocenters. The van der Waals surface area contributed by atoms with E-state index >= 15 is 0 Å². The smallest absolute Gasteiger partial charge is 0.112 e. The maximum Gasteiger partial charge on any atom is 0.112 e. The van der Waals surface area contributed by atoms with Gasteiger partial charge in [-0.2, -0.15) is 0 Å². The summed E-state index contributed by atoms with van der Waals surface area (Å²) in [6, 6.07) is 6.09. The lowest BCUT2D eigenvalue weighted by Gasteiger charge is -2.11. The van der Waals surface area contributed by atoms with Gasteiger partial charge in [-0.15, -0.1) is 0 Å². The lowest BCUT2D eigenvalue weighted by molar-refractivity contribution is 0.281. The molecule has 0 unspecified atom stereocenters. The molecule has 1 heterocycles. The van der Waals surface area contributed by atoms with Crippen molar-refractivity contribution in [1.29, 1.82) is 0 Å². The molecule has 0 aliphatic carbocycles. The lowest BCUT2D eigenvalue weighted by atomic mass is 10.1. The summed E-state index contributed by atoms with van der Waals surface area (Å²) in [5.41, 5.74) is 3.11. The molecule has 1 N–H and O–H groups in total. The van der Waals surface area contributed by atoms with Crippen molar-refractivity contribution < 1.29 is 5.11 Å². The van der Waals surface area contributed by atoms with E-state index in [4.69, 9.17) is 0 Å². The van der Waals surface area contributed by atoms with Crippen molar-refractivity contribution in [3.8, 4) is 5.69 Å². The van der Waals surface area contributed by atoms with E-state index in [9.17, 15) is 5.11 Å². The summed E-state index contributed by atoms with van der Waals surface area (Å²) in [5, 5.41) is 9.37. The number of aryl methyl sites for hydroxylation is 2. The minimum atomic E-state index is 0.0539. The summed E-state index contributed by atoms with van der Waals surface area (Å²) >= 11 is 0. The molecule has 0 aliphatic rings. The van der Waals surface area contributed by atoms with E-state index in [-0.39, 0.29) is 6.61 Å². The molecule has 84 valence electrons. The van der Waals surface area contributed by atoms with Crippen LogP contribution in [0.25, 0.3) is 5.69 Å². The van der Waals surface area contributed by atoms with Crippen molar-refractivity contribution in [2.75, 3.05) is 0 Å². The second-order valence-electron chi connectivity index (χ2n) is 3.86. The first kappa shape index (κ1) is 10.9. The van der Waals surface area contributed by atoms with Crippen LogP contribution in [-0.4, -0.2) is 14.7 Å². The van der Waals surface area contributed by atoms with Crippen LogP contribution in [0.3, 0.4) is 0 Å². The highest BCUT2D eigenvalue weighted by molar-refractivity contribution is 5.44. The van der Waals surface area contributed by atoms with Gasteiger partial charge >= 0.3 is 0 Å². The molecular formula is C13H16N2O. The number of hydrogen-bond donors (Lipinski definition) is 1. The largest absolute Gasteiger partial charge is 0.392 e. The molecule has 1 aromatic heterocycles. The van der Waals surface area contributed by atoms with Crippen LogP contribution in [0.2, 0.25) is 0 Å². The summed E-state index contributed by atoms with van der Waals surface area (Å²) < 4.78 is 2.03. The van der Waals surface area contributed by atoms with Gasteiger partial charge in [0.2, 0.25) is 0 Å². The summed E-state index contributed by atoms with van der Waals surface area (Å²) in [7, 11) is 0. The van der Waals surface area contributed by atoms with Gasteiger partial charge in [0, 0.05) is 24.4 Å². The van der Waals surface area contributed by atoms with Crippen LogP contribution < -0.4 is 0 Å². The summed E-state index contributed by atoms with van der Waals surface area (Å²) in [6.45, 7) is 4.15. The predicted octanol–water partition coefficient (Wildman–Crippen LogP) is 2.24. The van der Waals surface area contributed by atoms with Gasteiger partial charge in [0.25, 0.3) is 0 Å². The molecule has 2 rings (SSSR count). The van der Waals surface area contributed by atoms with Gasteiger partial charge in [0.05, 0.1) is 12.3 Å². The second-order valence-corrected chi connectivity index (χ2v) is 3.86. The van der Waals surface area contributed by atoms with Crippen molar-refractivity contribution in [3.63, 3.8) is 0 Å². The average Bonchev–Trinajstić information content (AvgIpc) is 2.76. The first-order valence-electron chi connectivity index (χ1n) is 5.49. The lowest BCUT2D eigenvalue weighted by Crippen LogP contribution is -2.03. The molecule has 3 heteroatoms. The maximum atomic E-state index is 9.37. The molecule has 0 aliphatic heterocycles. The molecule has 0 spiro atoms. The Labute approximate surface area is 95.4 Å². The molecule has 0 fully saturated rings. The quantitative estimate of drug-likeness (QED) is 0.854. The monoisotopic (exact) mass is 216 g/mol. The van der Waals surface area contributed by atoms with E-state index < -0.39 is 0 Å². The maximum absolute atomic E-state index is 9.37. The van der Waals surface area contributed by atoms with Gasteiger partial charge in [-0.3, -0.25) is 0 Å². The fourth-order valence-corrected chi connectivity index (χ4v) is 1.89. The highest BCUT2D eigenvalue weighted by atomic mass is 16.3. The van der Waals surface area contributed by atoms with Crippen molar-refractivity contribution in [1.82, 2.24) is 9.55 Å². The Kier molecular flexibility index (Phi) is 3.06. The van der Waals surface area contributed by atoms with E-state index in [1.165, 1.54) is 0 Å². The Hall–Kier alpha value is -1.61. The van der Waals surface area contributed by atoms with Gasteiger partial charge in [-0.05, 0) is 13.0 Å². The molecule has 0 saturated heterocycles. The molecule has 0 amide bonds. The molecule has 0 bridgehead atoms. The first-order chi connectivity index (χ1) is 7.76. The van der Waals surface area contributed by atoms with Crippen LogP contribution in [0, 0.1) is 6.92 Å². The SMILES string of the molecule is CCc1nccn1-c1ccc(C)cc1CO. The van der Waals surface area contributed by atoms with E-state index in [0.29, 0.717) is 0 Å². The Bertz CT molecular complexity index is 488. The molecular weight excluding hydrogens is 200 g/mol. The van der Waals surface area contributed by atoms with Gasteiger partial charge in [0.1, 0.15) is 5.82 Å². The molecule has 0 radical (unpaired) electrons. The number of hydrogen-bond acceptors (Lipinski definition) is 2. The van der Waals surface area contributed by atoms with Crippen LogP contribution in [0.1, 0.15) is 23.9 Å². The molecule has 2 aromatic rings. The summed E-state index contributed by atoms with van der Waals surface area (Å²) in [5.74, 6) is 1.01. The van der Waals surface area contributed by atoms with Gasteiger partial charge in [-0.25, -0.2) is 4.98 Å². The van der Waals surface area contributed by atoms with Crippen molar-refractivity contribution in [2.45, 2.75) is 26.9 Å². The van der Waals surface area contributed by atoms with E-state index in [0.717, 1.165) is 29.1 Å². The van der Waals surface area contributed by atoms with Crippen molar-refractivity contribution in [2.24, 2.45) is 0 Å². The number of benzene rings is 1. The average molecular weight is 216 g/mol. The van der Waals surface area contributed by atoms with E-state index in [1.807, 2.05) is 35.9 Å². The topological polar surface area (TPSA) is 38.0 Å². The van der Waals surface area contributed by atoms with Gasteiger partial charge in [0.15, 0.2) is 0 Å². The minimum absolute atomic E-state index is 0.0539. The van der Waals surface area contributed by atoms with Crippen LogP contribution >= 0.6 is 0 Å². The highest BCUT2D eigenvalue weighted by Crippen LogP contribution is 2.18. The Morgan fingerprint density at radius 2 is 2.19 bits per heavy atom. The number of imidazole rings is 1. The third kappa shape index (κ3) is 1.86. The van der Waals surface area contributed by atoms with Crippen LogP contribution in [0.5, 0.6) is 0 Å². The predicted molar refractivity (Wildman–Crippen MR) is 63.6 cm³/mol. The molecule has 0 saturated carbocycles. The normalized spacial score (nSPS) is 10.7. The van der Waals surface area contributed by atoms with E-state index in [1.54, 1.807) is 6.20 Å². The van der Waals surface area contributed by atoms with Crippen LogP contribution in [0.4, 0.5) is 0 Å². The Balaban J connectivity index is 2.55. The highest BCUT2D eigenvalue weighted by Gasteiger charge is 2.07. The zero-order chi connectivity index (χ0) is 11.5. The fourth-order valence-electron chi connectivity index (χ4n) is 1.89. The summed E-state index contributed by atoms with van der Waals surface area (Å²) in [4.78, 5) is 4.29. The number of aromatic nitrogens is 2. The molecule has 1 aromatic carbocycles. The third-order valence-electron chi connectivity index (χ3n) is 2.70. The fraction of sp³-hybridized carbons (Fsp3) is 0.308. The zero-order valence-electron chi connectivity index (χ0n) is 9.64. The Morgan fingerprint density at radius 1 is 1.38 bits per heavy atom. The zero-order valence-corrected chi connectivity index (χ0v) is 9.64. The minimum Gasteiger partial charge on any atom is -0.392 e. The number of rotatable bonds is 3. The van der Waals surface area contributed by atoms with Gasteiger partial charge in [-0.1, -0.05) is 24.6 Å². The van der Waals surface area contributed by atoms with Crippen LogP contribution in [0.15, 0.2) is 30.6 Å². The first-order valence-corrected chi connectivity index (χ1v) is 5.49. The van der Waals surface area contributed by atoms with E-state index in [2.05, 4.69) is 11.9 Å². The second kappa shape index (κ2) is 4.49. The number of aliphatic hydroxyl groups is 1.